The second-order valence-electron chi connectivity index (χ2n) is 4.06. The lowest BCUT2D eigenvalue weighted by Gasteiger charge is -2.18. The second kappa shape index (κ2) is 4.96. The molecule has 1 aromatic heterocycles. The molecule has 0 saturated carbocycles. The van der Waals surface area contributed by atoms with Crippen molar-refractivity contribution in [3.8, 4) is 0 Å². The van der Waals surface area contributed by atoms with Crippen LogP contribution in [0.15, 0.2) is 30.6 Å². The maximum Gasteiger partial charge on any atom is 0.416 e. The fraction of sp³-hybridized carbons (Fsp3) is 0.364. The lowest BCUT2D eigenvalue weighted by atomic mass is 10.0. The number of alkyl halides is 3. The molecule has 0 bridgehead atoms. The molecule has 2 aromatic rings. The fourth-order valence-electron chi connectivity index (χ4n) is 1.64. The smallest absolute Gasteiger partial charge is 0.386 e. The molecule has 19 heavy (non-hydrogen) atoms. The summed E-state index contributed by atoms with van der Waals surface area (Å²) >= 11 is 0. The Kier molecular flexibility index (Phi) is 3.52. The maximum absolute atomic E-state index is 12.4. The van der Waals surface area contributed by atoms with Gasteiger partial charge in [0, 0.05) is 0 Å². The predicted octanol–water partition coefficient (Wildman–Crippen LogP) is 1.99. The van der Waals surface area contributed by atoms with Gasteiger partial charge in [-0.25, -0.2) is 0 Å². The maximum atomic E-state index is 12.4. The third kappa shape index (κ3) is 2.90. The second-order valence-corrected chi connectivity index (χ2v) is 4.06. The highest BCUT2D eigenvalue weighted by Crippen LogP contribution is 2.31. The zero-order valence-electron chi connectivity index (χ0n) is 9.91. The standard InChI is InChI=1S/C11H11F3N4O/c1-7(18-16-6-15-17-18)10(19)8-2-4-9(5-3-8)11(12,13)14/h2-7,10,19H,1H3. The molecule has 1 N–H and O–H groups in total. The van der Waals surface area contributed by atoms with Crippen LogP contribution in [0.25, 0.3) is 0 Å². The van der Waals surface area contributed by atoms with Crippen LogP contribution < -0.4 is 0 Å². The molecule has 0 aliphatic carbocycles. The molecule has 2 atom stereocenters. The molecule has 0 spiro atoms. The minimum atomic E-state index is -4.39. The molecule has 0 fully saturated rings. The first-order valence-corrected chi connectivity index (χ1v) is 5.47. The Bertz CT molecular complexity index is 524. The van der Waals surface area contributed by atoms with Gasteiger partial charge < -0.3 is 5.11 Å². The molecule has 8 heteroatoms. The van der Waals surface area contributed by atoms with E-state index in [0.717, 1.165) is 12.1 Å². The van der Waals surface area contributed by atoms with Gasteiger partial charge in [-0.2, -0.15) is 18.0 Å². The molecule has 1 aromatic carbocycles. The molecule has 5 nitrogen and oxygen atoms in total. The highest BCUT2D eigenvalue weighted by molar-refractivity contribution is 5.26. The number of aliphatic hydroxyl groups is 1. The van der Waals surface area contributed by atoms with E-state index in [2.05, 4.69) is 15.4 Å². The topological polar surface area (TPSA) is 63.8 Å². The van der Waals surface area contributed by atoms with Gasteiger partial charge in [-0.05, 0) is 29.8 Å². The molecule has 102 valence electrons. The van der Waals surface area contributed by atoms with Gasteiger partial charge in [-0.15, -0.1) is 10.2 Å². The van der Waals surface area contributed by atoms with Gasteiger partial charge in [0.15, 0.2) is 6.33 Å². The molecule has 0 saturated heterocycles. The number of benzene rings is 1. The molecule has 2 unspecified atom stereocenters. The van der Waals surface area contributed by atoms with Crippen molar-refractivity contribution in [2.75, 3.05) is 0 Å². The normalized spacial score (nSPS) is 15.2. The molecular weight excluding hydrogens is 261 g/mol. The van der Waals surface area contributed by atoms with E-state index in [4.69, 9.17) is 0 Å². The summed E-state index contributed by atoms with van der Waals surface area (Å²) in [7, 11) is 0. The average molecular weight is 272 g/mol. The van der Waals surface area contributed by atoms with Crippen molar-refractivity contribution in [2.24, 2.45) is 0 Å². The number of nitrogens with zero attached hydrogens (tertiary/aromatic N) is 4. The third-order valence-corrected chi connectivity index (χ3v) is 2.77. The van der Waals surface area contributed by atoms with Crippen molar-refractivity contribution in [1.82, 2.24) is 20.2 Å². The Labute approximate surface area is 106 Å². The minimum absolute atomic E-state index is 0.359. The predicted molar refractivity (Wildman–Crippen MR) is 58.9 cm³/mol. The van der Waals surface area contributed by atoms with E-state index < -0.39 is 23.9 Å². The Morgan fingerprint density at radius 3 is 2.32 bits per heavy atom. The van der Waals surface area contributed by atoms with Crippen molar-refractivity contribution in [3.63, 3.8) is 0 Å². The fourth-order valence-corrected chi connectivity index (χ4v) is 1.64. The van der Waals surface area contributed by atoms with Crippen LogP contribution in [-0.2, 0) is 6.18 Å². The van der Waals surface area contributed by atoms with Crippen LogP contribution in [0.5, 0.6) is 0 Å². The third-order valence-electron chi connectivity index (χ3n) is 2.77. The molecule has 2 rings (SSSR count). The summed E-state index contributed by atoms with van der Waals surface area (Å²) < 4.78 is 37.2. The number of tetrazole rings is 1. The molecular formula is C11H11F3N4O. The van der Waals surface area contributed by atoms with E-state index in [0.29, 0.717) is 5.56 Å². The Morgan fingerprint density at radius 1 is 1.21 bits per heavy atom. The molecule has 0 aliphatic rings. The first-order valence-electron chi connectivity index (χ1n) is 5.47. The number of rotatable bonds is 3. The van der Waals surface area contributed by atoms with E-state index in [1.165, 1.54) is 23.3 Å². The highest BCUT2D eigenvalue weighted by atomic mass is 19.4. The van der Waals surface area contributed by atoms with Crippen LogP contribution in [-0.4, -0.2) is 25.3 Å². The summed E-state index contributed by atoms with van der Waals surface area (Å²) in [5, 5.41) is 21.0. The van der Waals surface area contributed by atoms with Crippen molar-refractivity contribution in [2.45, 2.75) is 25.2 Å². The highest BCUT2D eigenvalue weighted by Gasteiger charge is 2.30. The van der Waals surface area contributed by atoms with Crippen molar-refractivity contribution < 1.29 is 18.3 Å². The van der Waals surface area contributed by atoms with Crippen LogP contribution in [0, 0.1) is 0 Å². The van der Waals surface area contributed by atoms with Crippen molar-refractivity contribution >= 4 is 0 Å². The van der Waals surface area contributed by atoms with Crippen LogP contribution in [0.3, 0.4) is 0 Å². The van der Waals surface area contributed by atoms with Gasteiger partial charge in [0.2, 0.25) is 0 Å². The molecule has 0 amide bonds. The lowest BCUT2D eigenvalue weighted by Crippen LogP contribution is -2.17. The monoisotopic (exact) mass is 272 g/mol. The van der Waals surface area contributed by atoms with Gasteiger partial charge >= 0.3 is 6.18 Å². The summed E-state index contributed by atoms with van der Waals surface area (Å²) in [6.07, 6.45) is -4.19. The number of halogens is 3. The van der Waals surface area contributed by atoms with Crippen LogP contribution in [0.4, 0.5) is 13.2 Å². The Hall–Kier alpha value is -1.96. The summed E-state index contributed by atoms with van der Waals surface area (Å²) in [5.74, 6) is 0. The summed E-state index contributed by atoms with van der Waals surface area (Å²) in [5.41, 5.74) is -0.396. The molecule has 0 aliphatic heterocycles. The van der Waals surface area contributed by atoms with Gasteiger partial charge in [-0.1, -0.05) is 12.1 Å². The van der Waals surface area contributed by atoms with Crippen molar-refractivity contribution in [3.05, 3.63) is 41.7 Å². The largest absolute Gasteiger partial charge is 0.416 e. The Morgan fingerprint density at radius 2 is 1.84 bits per heavy atom. The number of aliphatic hydroxyl groups excluding tert-OH is 1. The quantitative estimate of drug-likeness (QED) is 0.928. The van der Waals surface area contributed by atoms with E-state index in [1.54, 1.807) is 6.92 Å². The molecule has 0 radical (unpaired) electrons. The lowest BCUT2D eigenvalue weighted by molar-refractivity contribution is -0.137. The summed E-state index contributed by atoms with van der Waals surface area (Å²) in [6.45, 7) is 1.64. The number of hydrogen-bond acceptors (Lipinski definition) is 4. The number of aromatic nitrogens is 4. The first-order chi connectivity index (χ1) is 8.89. The molecule has 1 heterocycles. The van der Waals surface area contributed by atoms with Gasteiger partial charge in [0.05, 0.1) is 5.56 Å². The Balaban J connectivity index is 2.18. The van der Waals surface area contributed by atoms with Crippen molar-refractivity contribution in [1.29, 1.82) is 0 Å². The SMILES string of the molecule is CC(C(O)c1ccc(C(F)(F)F)cc1)n1ncnn1. The number of hydrogen-bond donors (Lipinski definition) is 1. The summed E-state index contributed by atoms with van der Waals surface area (Å²) in [6, 6.07) is 3.81. The van der Waals surface area contributed by atoms with Gasteiger partial charge in [0.1, 0.15) is 12.1 Å². The van der Waals surface area contributed by atoms with E-state index in [9.17, 15) is 18.3 Å². The minimum Gasteiger partial charge on any atom is -0.386 e. The van der Waals surface area contributed by atoms with Gasteiger partial charge in [0.25, 0.3) is 0 Å². The van der Waals surface area contributed by atoms with Crippen LogP contribution in [0.2, 0.25) is 0 Å². The van der Waals surface area contributed by atoms with E-state index in [1.807, 2.05) is 0 Å². The van der Waals surface area contributed by atoms with E-state index >= 15 is 0 Å². The zero-order valence-corrected chi connectivity index (χ0v) is 9.91. The first kappa shape index (κ1) is 13.5. The van der Waals surface area contributed by atoms with E-state index in [-0.39, 0.29) is 0 Å². The van der Waals surface area contributed by atoms with Crippen LogP contribution in [0.1, 0.15) is 30.2 Å². The zero-order chi connectivity index (χ0) is 14.0. The average Bonchev–Trinajstić information content (AvgIpc) is 2.90. The summed E-state index contributed by atoms with van der Waals surface area (Å²) in [4.78, 5) is 1.20. The van der Waals surface area contributed by atoms with Gasteiger partial charge in [-0.3, -0.25) is 0 Å². The van der Waals surface area contributed by atoms with Crippen LogP contribution >= 0.6 is 0 Å².